The van der Waals surface area contributed by atoms with Gasteiger partial charge in [0.15, 0.2) is 5.82 Å². The third kappa shape index (κ3) is 2.01. The zero-order valence-corrected chi connectivity index (χ0v) is 8.88. The van der Waals surface area contributed by atoms with Crippen molar-refractivity contribution in [3.8, 4) is 0 Å². The van der Waals surface area contributed by atoms with Crippen LogP contribution in [0.1, 0.15) is 25.4 Å². The van der Waals surface area contributed by atoms with Crippen molar-refractivity contribution in [1.29, 1.82) is 0 Å². The summed E-state index contributed by atoms with van der Waals surface area (Å²) in [4.78, 5) is 8.14. The summed E-state index contributed by atoms with van der Waals surface area (Å²) in [5.74, 6) is 0.447. The molecule has 1 aromatic heterocycles. The Labute approximate surface area is 80.0 Å². The van der Waals surface area contributed by atoms with Crippen LogP contribution < -0.4 is 0 Å². The van der Waals surface area contributed by atoms with Crippen LogP contribution in [0, 0.1) is 6.92 Å². The lowest BCUT2D eigenvalue weighted by molar-refractivity contribution is 0.0684. The number of aliphatic hydroxyl groups is 1. The molecule has 0 aliphatic rings. The molecule has 0 saturated heterocycles. The van der Waals surface area contributed by atoms with E-state index in [1.165, 1.54) is 0 Å². The topological polar surface area (TPSA) is 46.0 Å². The van der Waals surface area contributed by atoms with E-state index < -0.39 is 5.60 Å². The molecule has 0 amide bonds. The summed E-state index contributed by atoms with van der Waals surface area (Å²) in [6, 6.07) is 0. The second kappa shape index (κ2) is 3.11. The van der Waals surface area contributed by atoms with Crippen LogP contribution in [0.5, 0.6) is 0 Å². The van der Waals surface area contributed by atoms with E-state index in [4.69, 9.17) is 0 Å². The molecule has 1 N–H and O–H groups in total. The Bertz CT molecular complexity index is 294. The van der Waals surface area contributed by atoms with Gasteiger partial charge in [0.25, 0.3) is 0 Å². The first-order valence-corrected chi connectivity index (χ1v) is 4.42. The molecule has 66 valence electrons. The lowest BCUT2D eigenvalue weighted by Crippen LogP contribution is -2.19. The van der Waals surface area contributed by atoms with Gasteiger partial charge in [-0.15, -0.1) is 0 Å². The van der Waals surface area contributed by atoms with Crippen molar-refractivity contribution in [2.24, 2.45) is 0 Å². The normalized spacial score (nSPS) is 11.8. The third-order valence-corrected chi connectivity index (χ3v) is 2.25. The van der Waals surface area contributed by atoms with Crippen molar-refractivity contribution in [3.05, 3.63) is 22.2 Å². The number of aromatic nitrogens is 2. The van der Waals surface area contributed by atoms with E-state index in [-0.39, 0.29) is 0 Å². The molecule has 0 bridgehead atoms. The minimum atomic E-state index is -0.967. The van der Waals surface area contributed by atoms with E-state index in [1.807, 2.05) is 6.92 Å². The van der Waals surface area contributed by atoms with E-state index in [9.17, 15) is 5.11 Å². The van der Waals surface area contributed by atoms with Crippen LogP contribution in [0.15, 0.2) is 10.7 Å². The molecule has 0 saturated carbocycles. The second-order valence-corrected chi connectivity index (χ2v) is 4.04. The zero-order chi connectivity index (χ0) is 9.35. The average Bonchev–Trinajstić information content (AvgIpc) is 1.92. The molecule has 3 nitrogen and oxygen atoms in total. The van der Waals surface area contributed by atoms with E-state index in [0.29, 0.717) is 5.82 Å². The number of nitrogens with zero attached hydrogens (tertiary/aromatic N) is 2. The van der Waals surface area contributed by atoms with E-state index in [2.05, 4.69) is 25.9 Å². The molecular formula is C8H11BrN2O. The Morgan fingerprint density at radius 1 is 1.50 bits per heavy atom. The van der Waals surface area contributed by atoms with Crippen LogP contribution in [0.2, 0.25) is 0 Å². The van der Waals surface area contributed by atoms with Gasteiger partial charge in [-0.2, -0.15) is 0 Å². The van der Waals surface area contributed by atoms with Crippen molar-refractivity contribution in [3.63, 3.8) is 0 Å². The van der Waals surface area contributed by atoms with Gasteiger partial charge in [0.1, 0.15) is 5.60 Å². The monoisotopic (exact) mass is 230 g/mol. The fraction of sp³-hybridized carbons (Fsp3) is 0.500. The van der Waals surface area contributed by atoms with Gasteiger partial charge >= 0.3 is 0 Å². The summed E-state index contributed by atoms with van der Waals surface area (Å²) < 4.78 is 0.857. The first-order chi connectivity index (χ1) is 5.41. The molecule has 0 radical (unpaired) electrons. The molecule has 4 heteroatoms. The van der Waals surface area contributed by atoms with Crippen LogP contribution in [-0.4, -0.2) is 15.1 Å². The molecule has 0 aromatic carbocycles. The van der Waals surface area contributed by atoms with E-state index >= 15 is 0 Å². The lowest BCUT2D eigenvalue weighted by Gasteiger charge is -2.15. The van der Waals surface area contributed by atoms with Gasteiger partial charge in [0.05, 0.1) is 10.2 Å². The second-order valence-electron chi connectivity index (χ2n) is 3.19. The lowest BCUT2D eigenvalue weighted by atomic mass is 10.1. The highest BCUT2D eigenvalue weighted by atomic mass is 79.9. The Balaban J connectivity index is 3.14. The average molecular weight is 231 g/mol. The molecule has 0 spiro atoms. The quantitative estimate of drug-likeness (QED) is 0.801. The highest BCUT2D eigenvalue weighted by Gasteiger charge is 2.19. The molecule has 1 heterocycles. The van der Waals surface area contributed by atoms with Crippen molar-refractivity contribution in [1.82, 2.24) is 9.97 Å². The molecule has 0 atom stereocenters. The summed E-state index contributed by atoms with van der Waals surface area (Å²) in [6.45, 7) is 5.19. The summed E-state index contributed by atoms with van der Waals surface area (Å²) in [5, 5.41) is 9.56. The Kier molecular flexibility index (Phi) is 2.49. The number of hydrogen-bond donors (Lipinski definition) is 1. The minimum absolute atomic E-state index is 0.447. The van der Waals surface area contributed by atoms with Crippen molar-refractivity contribution < 1.29 is 5.11 Å². The highest BCUT2D eigenvalue weighted by Crippen LogP contribution is 2.18. The van der Waals surface area contributed by atoms with Crippen LogP contribution >= 0.6 is 15.9 Å². The molecule has 1 rings (SSSR count). The largest absolute Gasteiger partial charge is 0.382 e. The maximum Gasteiger partial charge on any atom is 0.159 e. The summed E-state index contributed by atoms with van der Waals surface area (Å²) >= 11 is 3.29. The standard InChI is InChI=1S/C8H11BrN2O/c1-5-6(9)4-10-7(11-5)8(2,3)12/h4,12H,1-3H3. The van der Waals surface area contributed by atoms with Crippen molar-refractivity contribution in [2.75, 3.05) is 0 Å². The van der Waals surface area contributed by atoms with Crippen molar-refractivity contribution >= 4 is 15.9 Å². The van der Waals surface area contributed by atoms with Gasteiger partial charge in [-0.1, -0.05) is 0 Å². The van der Waals surface area contributed by atoms with Gasteiger partial charge in [0.2, 0.25) is 0 Å². The number of hydrogen-bond acceptors (Lipinski definition) is 3. The van der Waals surface area contributed by atoms with Gasteiger partial charge in [-0.3, -0.25) is 0 Å². The number of rotatable bonds is 1. The fourth-order valence-corrected chi connectivity index (χ4v) is 0.938. The van der Waals surface area contributed by atoms with Gasteiger partial charge < -0.3 is 5.11 Å². The van der Waals surface area contributed by atoms with Gasteiger partial charge in [-0.25, -0.2) is 9.97 Å². The van der Waals surface area contributed by atoms with Crippen LogP contribution in [0.4, 0.5) is 0 Å². The molecule has 0 unspecified atom stereocenters. The number of halogens is 1. The smallest absolute Gasteiger partial charge is 0.159 e. The predicted octanol–water partition coefficient (Wildman–Crippen LogP) is 1.77. The first-order valence-electron chi connectivity index (χ1n) is 3.63. The van der Waals surface area contributed by atoms with Crippen molar-refractivity contribution in [2.45, 2.75) is 26.4 Å². The molecule has 1 aromatic rings. The molecule has 12 heavy (non-hydrogen) atoms. The Morgan fingerprint density at radius 2 is 2.08 bits per heavy atom. The third-order valence-electron chi connectivity index (χ3n) is 1.47. The van der Waals surface area contributed by atoms with E-state index in [0.717, 1.165) is 10.2 Å². The van der Waals surface area contributed by atoms with Gasteiger partial charge in [0, 0.05) is 6.20 Å². The van der Waals surface area contributed by atoms with Crippen LogP contribution in [0.25, 0.3) is 0 Å². The van der Waals surface area contributed by atoms with Gasteiger partial charge in [-0.05, 0) is 36.7 Å². The first kappa shape index (κ1) is 9.61. The summed E-state index contributed by atoms with van der Waals surface area (Å²) in [5.41, 5.74) is -0.132. The zero-order valence-electron chi connectivity index (χ0n) is 7.30. The summed E-state index contributed by atoms with van der Waals surface area (Å²) in [6.07, 6.45) is 1.65. The number of aryl methyl sites for hydroxylation is 1. The van der Waals surface area contributed by atoms with Crippen LogP contribution in [0.3, 0.4) is 0 Å². The predicted molar refractivity (Wildman–Crippen MR) is 49.7 cm³/mol. The molecule has 0 fully saturated rings. The van der Waals surface area contributed by atoms with E-state index in [1.54, 1.807) is 20.0 Å². The SMILES string of the molecule is Cc1nc(C(C)(C)O)ncc1Br. The molecule has 0 aliphatic heterocycles. The minimum Gasteiger partial charge on any atom is -0.382 e. The van der Waals surface area contributed by atoms with Crippen LogP contribution in [-0.2, 0) is 5.60 Å². The Hall–Kier alpha value is -0.480. The maximum absolute atomic E-state index is 9.56. The summed E-state index contributed by atoms with van der Waals surface area (Å²) in [7, 11) is 0. The highest BCUT2D eigenvalue weighted by molar-refractivity contribution is 9.10. The molecule has 0 aliphatic carbocycles. The Morgan fingerprint density at radius 3 is 2.50 bits per heavy atom. The fourth-order valence-electron chi connectivity index (χ4n) is 0.747. The molecular weight excluding hydrogens is 220 g/mol. The maximum atomic E-state index is 9.56.